The topological polar surface area (TPSA) is 67.6 Å². The van der Waals surface area contributed by atoms with Gasteiger partial charge in [-0.25, -0.2) is 18.9 Å². The number of anilines is 1. The van der Waals surface area contributed by atoms with E-state index in [2.05, 4.69) is 15.2 Å². The van der Waals surface area contributed by atoms with Gasteiger partial charge < -0.3 is 15.0 Å². The predicted octanol–water partition coefficient (Wildman–Crippen LogP) is 3.16. The number of hydrogen-bond donors (Lipinski definition) is 1. The summed E-state index contributed by atoms with van der Waals surface area (Å²) in [4.78, 5) is 11.4. The molecule has 2 atom stereocenters. The van der Waals surface area contributed by atoms with Crippen LogP contribution < -0.4 is 15.0 Å². The molecular formula is C23H21FN6O. The second kappa shape index (κ2) is 7.02. The number of aromatic nitrogens is 4. The zero-order chi connectivity index (χ0) is 20.9. The number of halogens is 1. The number of nitrogens with zero attached hydrogens (tertiary/aromatic N) is 5. The lowest BCUT2D eigenvalue weighted by atomic mass is 10.1. The molecule has 2 fully saturated rings. The summed E-state index contributed by atoms with van der Waals surface area (Å²) >= 11 is 0. The summed E-state index contributed by atoms with van der Waals surface area (Å²) in [7, 11) is 1.59. The van der Waals surface area contributed by atoms with Crippen LogP contribution in [0.2, 0.25) is 0 Å². The van der Waals surface area contributed by atoms with Gasteiger partial charge in [0.1, 0.15) is 17.3 Å². The van der Waals surface area contributed by atoms with Crippen molar-refractivity contribution in [1.29, 1.82) is 0 Å². The largest absolute Gasteiger partial charge is 0.481 e. The molecule has 6 rings (SSSR count). The van der Waals surface area contributed by atoms with Crippen LogP contribution in [0.3, 0.4) is 0 Å². The fourth-order valence-electron chi connectivity index (χ4n) is 4.65. The molecule has 2 aliphatic rings. The number of fused-ring (bicyclic) bond motifs is 3. The van der Waals surface area contributed by atoms with Gasteiger partial charge in [0, 0.05) is 48.6 Å². The van der Waals surface area contributed by atoms with Crippen LogP contribution in [0.4, 0.5) is 10.2 Å². The van der Waals surface area contributed by atoms with Crippen molar-refractivity contribution >= 4 is 11.5 Å². The van der Waals surface area contributed by atoms with Crippen LogP contribution in [0.5, 0.6) is 5.88 Å². The minimum absolute atomic E-state index is 0.280. The Morgan fingerprint density at radius 2 is 1.97 bits per heavy atom. The normalized spacial score (nSPS) is 20.0. The lowest BCUT2D eigenvalue weighted by molar-refractivity contribution is 0.398. The highest BCUT2D eigenvalue weighted by Gasteiger charge is 2.38. The second-order valence-corrected chi connectivity index (χ2v) is 8.01. The molecule has 3 aromatic heterocycles. The molecule has 156 valence electrons. The summed E-state index contributed by atoms with van der Waals surface area (Å²) in [6.07, 6.45) is 2.86. The number of imidazole rings is 1. The molecule has 4 aromatic rings. The van der Waals surface area contributed by atoms with Crippen molar-refractivity contribution < 1.29 is 9.13 Å². The highest BCUT2D eigenvalue weighted by Crippen LogP contribution is 2.35. The summed E-state index contributed by atoms with van der Waals surface area (Å²) in [5.74, 6) is 1.17. The number of rotatable bonds is 4. The molecule has 8 heteroatoms. The standard InChI is InChI=1S/C23H21FN6O/c1-31-21-10-15(8-9-25-21)23-22(14-2-4-16(24)5-3-14)27-19-6-7-20(28-30(19)23)29-13-17-11-18(29)12-26-17/h2-10,17-18,26H,11-13H2,1H3. The minimum Gasteiger partial charge on any atom is -0.481 e. The zero-order valence-corrected chi connectivity index (χ0v) is 17.0. The van der Waals surface area contributed by atoms with E-state index in [0.717, 1.165) is 53.5 Å². The smallest absolute Gasteiger partial charge is 0.213 e. The third-order valence-electron chi connectivity index (χ3n) is 6.15. The Labute approximate surface area is 178 Å². The molecule has 2 saturated heterocycles. The average molecular weight is 416 g/mol. The number of hydrogen-bond acceptors (Lipinski definition) is 6. The highest BCUT2D eigenvalue weighted by molar-refractivity contribution is 5.82. The molecule has 0 amide bonds. The zero-order valence-electron chi connectivity index (χ0n) is 17.0. The third-order valence-corrected chi connectivity index (χ3v) is 6.15. The Kier molecular flexibility index (Phi) is 4.14. The SMILES string of the molecule is COc1cc(-c2c(-c3ccc(F)cc3)nc3ccc(N4CC5CC4CN5)nn23)ccn1. The summed E-state index contributed by atoms with van der Waals surface area (Å²) in [5, 5.41) is 8.52. The molecule has 1 N–H and O–H groups in total. The minimum atomic E-state index is -0.280. The van der Waals surface area contributed by atoms with E-state index in [1.165, 1.54) is 12.1 Å². The van der Waals surface area contributed by atoms with Crippen molar-refractivity contribution in [3.05, 3.63) is 60.5 Å². The van der Waals surface area contributed by atoms with Crippen LogP contribution in [0.1, 0.15) is 6.42 Å². The maximum absolute atomic E-state index is 13.6. The lowest BCUT2D eigenvalue weighted by Crippen LogP contribution is -2.44. The van der Waals surface area contributed by atoms with E-state index >= 15 is 0 Å². The summed E-state index contributed by atoms with van der Waals surface area (Å²) in [6.45, 7) is 1.95. The van der Waals surface area contributed by atoms with Crippen LogP contribution in [0.15, 0.2) is 54.7 Å². The van der Waals surface area contributed by atoms with E-state index < -0.39 is 0 Å². The van der Waals surface area contributed by atoms with Gasteiger partial charge in [-0.1, -0.05) is 0 Å². The molecule has 1 aromatic carbocycles. The quantitative estimate of drug-likeness (QED) is 0.551. The maximum Gasteiger partial charge on any atom is 0.213 e. The van der Waals surface area contributed by atoms with Gasteiger partial charge in [0.15, 0.2) is 5.65 Å². The van der Waals surface area contributed by atoms with Gasteiger partial charge in [0.25, 0.3) is 0 Å². The second-order valence-electron chi connectivity index (χ2n) is 8.01. The number of pyridine rings is 1. The molecule has 0 radical (unpaired) electrons. The van der Waals surface area contributed by atoms with Crippen molar-refractivity contribution in [2.75, 3.05) is 25.1 Å². The monoisotopic (exact) mass is 416 g/mol. The van der Waals surface area contributed by atoms with Crippen molar-refractivity contribution in [2.24, 2.45) is 0 Å². The van der Waals surface area contributed by atoms with Crippen LogP contribution >= 0.6 is 0 Å². The van der Waals surface area contributed by atoms with Gasteiger partial charge in [0.05, 0.1) is 12.8 Å². The molecule has 0 aliphatic carbocycles. The van der Waals surface area contributed by atoms with Gasteiger partial charge in [-0.2, -0.15) is 0 Å². The first-order valence-electron chi connectivity index (χ1n) is 10.4. The summed E-state index contributed by atoms with van der Waals surface area (Å²) < 4.78 is 20.8. The molecular weight excluding hydrogens is 395 g/mol. The lowest BCUT2D eigenvalue weighted by Gasteiger charge is -2.28. The summed E-state index contributed by atoms with van der Waals surface area (Å²) in [5.41, 5.74) is 4.00. The molecule has 7 nitrogen and oxygen atoms in total. The van der Waals surface area contributed by atoms with Crippen molar-refractivity contribution in [3.63, 3.8) is 0 Å². The Hall–Kier alpha value is -3.52. The number of piperazine rings is 1. The van der Waals surface area contributed by atoms with E-state index in [0.29, 0.717) is 18.0 Å². The Balaban J connectivity index is 1.55. The first kappa shape index (κ1) is 18.3. The van der Waals surface area contributed by atoms with Gasteiger partial charge >= 0.3 is 0 Å². The van der Waals surface area contributed by atoms with Gasteiger partial charge in [-0.05, 0) is 48.9 Å². The van der Waals surface area contributed by atoms with E-state index in [9.17, 15) is 4.39 Å². The average Bonchev–Trinajstić information content (AvgIpc) is 3.53. The Morgan fingerprint density at radius 3 is 2.71 bits per heavy atom. The summed E-state index contributed by atoms with van der Waals surface area (Å²) in [6, 6.07) is 15.2. The highest BCUT2D eigenvalue weighted by atomic mass is 19.1. The first-order valence-corrected chi connectivity index (χ1v) is 10.4. The van der Waals surface area contributed by atoms with Gasteiger partial charge in [-0.15, -0.1) is 5.10 Å². The molecule has 5 heterocycles. The van der Waals surface area contributed by atoms with Crippen molar-refractivity contribution in [1.82, 2.24) is 24.9 Å². The van der Waals surface area contributed by atoms with Crippen LogP contribution in [-0.2, 0) is 0 Å². The van der Waals surface area contributed by atoms with E-state index in [-0.39, 0.29) is 5.82 Å². The van der Waals surface area contributed by atoms with E-state index in [1.54, 1.807) is 25.4 Å². The van der Waals surface area contributed by atoms with Crippen LogP contribution in [-0.4, -0.2) is 51.9 Å². The fourth-order valence-corrected chi connectivity index (χ4v) is 4.65. The molecule has 31 heavy (non-hydrogen) atoms. The maximum atomic E-state index is 13.6. The van der Waals surface area contributed by atoms with Crippen LogP contribution in [0.25, 0.3) is 28.2 Å². The predicted molar refractivity (Wildman–Crippen MR) is 116 cm³/mol. The van der Waals surface area contributed by atoms with E-state index in [1.807, 2.05) is 28.8 Å². The number of benzene rings is 1. The number of ether oxygens (including phenoxy) is 1. The fraction of sp³-hybridized carbons (Fsp3) is 0.261. The van der Waals surface area contributed by atoms with Crippen molar-refractivity contribution in [3.8, 4) is 28.4 Å². The molecule has 2 unspecified atom stereocenters. The molecule has 0 saturated carbocycles. The number of methoxy groups -OCH3 is 1. The molecule has 2 bridgehead atoms. The van der Waals surface area contributed by atoms with Crippen molar-refractivity contribution in [2.45, 2.75) is 18.5 Å². The Bertz CT molecular complexity index is 1270. The van der Waals surface area contributed by atoms with E-state index in [4.69, 9.17) is 14.8 Å². The number of nitrogens with one attached hydrogen (secondary N) is 1. The molecule has 0 spiro atoms. The van der Waals surface area contributed by atoms with Gasteiger partial charge in [-0.3, -0.25) is 0 Å². The molecule has 2 aliphatic heterocycles. The first-order chi connectivity index (χ1) is 15.2. The Morgan fingerprint density at radius 1 is 1.10 bits per heavy atom. The van der Waals surface area contributed by atoms with Crippen LogP contribution in [0, 0.1) is 5.82 Å². The third kappa shape index (κ3) is 3.02. The van der Waals surface area contributed by atoms with Gasteiger partial charge in [0.2, 0.25) is 5.88 Å².